The summed E-state index contributed by atoms with van der Waals surface area (Å²) in [6, 6.07) is 9.67. The molecule has 0 aliphatic heterocycles. The first-order valence-corrected chi connectivity index (χ1v) is 9.39. The average Bonchev–Trinajstić information content (AvgIpc) is 2.56. The Morgan fingerprint density at radius 3 is 2.33 bits per heavy atom. The number of nitrogens with one attached hydrogen (secondary N) is 1. The molecule has 0 saturated carbocycles. The molecule has 0 saturated heterocycles. The summed E-state index contributed by atoms with van der Waals surface area (Å²) >= 11 is 0. The van der Waals surface area contributed by atoms with Gasteiger partial charge in [0.05, 0.1) is 6.61 Å². The van der Waals surface area contributed by atoms with Gasteiger partial charge in [-0.25, -0.2) is 0 Å². The van der Waals surface area contributed by atoms with Gasteiger partial charge in [0.1, 0.15) is 18.1 Å². The van der Waals surface area contributed by atoms with E-state index in [4.69, 9.17) is 9.47 Å². The summed E-state index contributed by atoms with van der Waals surface area (Å²) in [4.78, 5) is 12.5. The van der Waals surface area contributed by atoms with Crippen LogP contribution in [-0.2, 0) is 6.61 Å². The lowest BCUT2D eigenvalue weighted by molar-refractivity contribution is 0.0919. The Labute approximate surface area is 162 Å². The molecule has 0 bridgehead atoms. The molecule has 2 aromatic rings. The van der Waals surface area contributed by atoms with Crippen molar-refractivity contribution >= 4 is 5.91 Å². The summed E-state index contributed by atoms with van der Waals surface area (Å²) in [5.74, 6) is 1.50. The van der Waals surface area contributed by atoms with Crippen molar-refractivity contribution in [2.45, 2.75) is 60.6 Å². The highest BCUT2D eigenvalue weighted by molar-refractivity contribution is 5.95. The van der Waals surface area contributed by atoms with Crippen molar-refractivity contribution in [2.75, 3.05) is 6.61 Å². The van der Waals surface area contributed by atoms with Crippen molar-refractivity contribution in [3.05, 3.63) is 58.1 Å². The molecule has 0 radical (unpaired) electrons. The Balaban J connectivity index is 2.28. The Morgan fingerprint density at radius 1 is 1.00 bits per heavy atom. The van der Waals surface area contributed by atoms with Crippen molar-refractivity contribution in [1.29, 1.82) is 0 Å². The lowest BCUT2D eigenvalue weighted by atomic mass is 10.1. The van der Waals surface area contributed by atoms with Gasteiger partial charge in [-0.1, -0.05) is 6.07 Å². The van der Waals surface area contributed by atoms with Crippen molar-refractivity contribution in [1.82, 2.24) is 5.32 Å². The molecule has 4 nitrogen and oxygen atoms in total. The summed E-state index contributed by atoms with van der Waals surface area (Å²) in [6.07, 6.45) is 0. The molecule has 0 aliphatic rings. The van der Waals surface area contributed by atoms with Gasteiger partial charge in [-0.05, 0) is 89.4 Å². The number of hydrogen-bond donors (Lipinski definition) is 1. The smallest absolute Gasteiger partial charge is 0.251 e. The number of aryl methyl sites for hydroxylation is 2. The highest BCUT2D eigenvalue weighted by Gasteiger charge is 2.17. The zero-order valence-electron chi connectivity index (χ0n) is 17.5. The Morgan fingerprint density at radius 2 is 1.70 bits per heavy atom. The fraction of sp³-hybridized carbons (Fsp3) is 0.435. The van der Waals surface area contributed by atoms with Crippen LogP contribution in [0.2, 0.25) is 0 Å². The van der Waals surface area contributed by atoms with Crippen LogP contribution in [0.15, 0.2) is 30.3 Å². The van der Waals surface area contributed by atoms with Crippen LogP contribution in [0.3, 0.4) is 0 Å². The van der Waals surface area contributed by atoms with Gasteiger partial charge in [0.2, 0.25) is 0 Å². The molecule has 1 amide bonds. The van der Waals surface area contributed by atoms with Crippen LogP contribution in [0.25, 0.3) is 0 Å². The summed E-state index contributed by atoms with van der Waals surface area (Å²) in [7, 11) is 0. The molecule has 0 aliphatic carbocycles. The van der Waals surface area contributed by atoms with Crippen LogP contribution >= 0.6 is 0 Å². The number of benzene rings is 2. The number of rotatable bonds is 6. The fourth-order valence-corrected chi connectivity index (χ4v) is 2.85. The molecule has 27 heavy (non-hydrogen) atoms. The zero-order valence-corrected chi connectivity index (χ0v) is 17.5. The first-order chi connectivity index (χ1) is 12.6. The van der Waals surface area contributed by atoms with Crippen LogP contribution in [0.1, 0.15) is 60.3 Å². The van der Waals surface area contributed by atoms with Gasteiger partial charge in [0, 0.05) is 16.7 Å². The van der Waals surface area contributed by atoms with E-state index in [0.29, 0.717) is 18.8 Å². The van der Waals surface area contributed by atoms with Crippen molar-refractivity contribution in [3.8, 4) is 11.5 Å². The zero-order chi connectivity index (χ0) is 20.2. The van der Waals surface area contributed by atoms with E-state index in [1.807, 2.05) is 45.9 Å². The Kier molecular flexibility index (Phi) is 6.53. The molecule has 0 aromatic heterocycles. The summed E-state index contributed by atoms with van der Waals surface area (Å²) in [5.41, 5.74) is 4.66. The van der Waals surface area contributed by atoms with Crippen LogP contribution in [-0.4, -0.2) is 18.1 Å². The third-order valence-electron chi connectivity index (χ3n) is 4.26. The van der Waals surface area contributed by atoms with Crippen LogP contribution in [0.5, 0.6) is 11.5 Å². The summed E-state index contributed by atoms with van der Waals surface area (Å²) in [6.45, 7) is 14.9. The Hall–Kier alpha value is -2.49. The minimum Gasteiger partial charge on any atom is -0.493 e. The van der Waals surface area contributed by atoms with Gasteiger partial charge in [-0.2, -0.15) is 0 Å². The van der Waals surface area contributed by atoms with E-state index in [0.717, 1.165) is 28.2 Å². The molecular weight excluding hydrogens is 338 g/mol. The summed E-state index contributed by atoms with van der Waals surface area (Å²) < 4.78 is 11.8. The number of carbonyl (C=O) groups excluding carboxylic acids is 1. The number of ether oxygens (including phenoxy) is 2. The third kappa shape index (κ3) is 5.75. The third-order valence-corrected chi connectivity index (χ3v) is 4.26. The molecule has 0 unspecified atom stereocenters. The van der Waals surface area contributed by atoms with Crippen LogP contribution in [0, 0.1) is 20.8 Å². The molecule has 0 heterocycles. The molecule has 0 atom stereocenters. The summed E-state index contributed by atoms with van der Waals surface area (Å²) in [5, 5.41) is 2.99. The molecule has 0 spiro atoms. The quantitative estimate of drug-likeness (QED) is 0.769. The molecule has 4 heteroatoms. The van der Waals surface area contributed by atoms with Gasteiger partial charge < -0.3 is 14.8 Å². The molecule has 1 N–H and O–H groups in total. The number of amides is 1. The number of carbonyl (C=O) groups is 1. The van der Waals surface area contributed by atoms with E-state index >= 15 is 0 Å². The fourth-order valence-electron chi connectivity index (χ4n) is 2.85. The van der Waals surface area contributed by atoms with E-state index in [1.54, 1.807) is 6.07 Å². The highest BCUT2D eigenvalue weighted by atomic mass is 16.5. The van der Waals surface area contributed by atoms with Crippen LogP contribution in [0.4, 0.5) is 0 Å². The lowest BCUT2D eigenvalue weighted by Gasteiger charge is -2.21. The van der Waals surface area contributed by atoms with Gasteiger partial charge in [-0.15, -0.1) is 0 Å². The SMILES string of the molecule is CCOc1ccc(C(=O)NC(C)(C)C)cc1COc1cc(C)cc(C)c1C. The monoisotopic (exact) mass is 369 g/mol. The standard InChI is InChI=1S/C23H31NO3/c1-8-26-20-10-9-18(22(25)24-23(5,6)7)13-19(20)14-27-21-12-15(2)11-16(3)17(21)4/h9-13H,8,14H2,1-7H3,(H,24,25). The van der Waals surface area contributed by atoms with Gasteiger partial charge in [0.15, 0.2) is 0 Å². The van der Waals surface area contributed by atoms with E-state index in [9.17, 15) is 4.79 Å². The van der Waals surface area contributed by atoms with Crippen molar-refractivity contribution < 1.29 is 14.3 Å². The van der Waals surface area contributed by atoms with E-state index in [2.05, 4.69) is 32.2 Å². The topological polar surface area (TPSA) is 47.6 Å². The lowest BCUT2D eigenvalue weighted by Crippen LogP contribution is -2.40. The predicted octanol–water partition coefficient (Wildman–Crippen LogP) is 5.12. The van der Waals surface area contributed by atoms with Crippen molar-refractivity contribution in [2.24, 2.45) is 0 Å². The van der Waals surface area contributed by atoms with Crippen molar-refractivity contribution in [3.63, 3.8) is 0 Å². The molecular formula is C23H31NO3. The largest absolute Gasteiger partial charge is 0.493 e. The molecule has 146 valence electrons. The maximum absolute atomic E-state index is 12.5. The normalized spacial score (nSPS) is 11.2. The van der Waals surface area contributed by atoms with E-state index in [1.165, 1.54) is 5.56 Å². The van der Waals surface area contributed by atoms with E-state index in [-0.39, 0.29) is 11.4 Å². The Bertz CT molecular complexity index is 819. The molecule has 2 aromatic carbocycles. The van der Waals surface area contributed by atoms with Gasteiger partial charge in [-0.3, -0.25) is 4.79 Å². The first-order valence-electron chi connectivity index (χ1n) is 9.39. The number of hydrogen-bond acceptors (Lipinski definition) is 3. The maximum atomic E-state index is 12.5. The second-order valence-electron chi connectivity index (χ2n) is 7.95. The molecule has 0 fully saturated rings. The van der Waals surface area contributed by atoms with Gasteiger partial charge in [0.25, 0.3) is 5.91 Å². The molecule has 2 rings (SSSR count). The highest BCUT2D eigenvalue weighted by Crippen LogP contribution is 2.27. The predicted molar refractivity (Wildman–Crippen MR) is 110 cm³/mol. The maximum Gasteiger partial charge on any atom is 0.251 e. The minimum absolute atomic E-state index is 0.102. The second-order valence-corrected chi connectivity index (χ2v) is 7.95. The average molecular weight is 370 g/mol. The van der Waals surface area contributed by atoms with Gasteiger partial charge >= 0.3 is 0 Å². The first kappa shape index (κ1) is 20.8. The van der Waals surface area contributed by atoms with E-state index < -0.39 is 0 Å². The minimum atomic E-state index is -0.289. The van der Waals surface area contributed by atoms with Crippen LogP contribution < -0.4 is 14.8 Å². The second kappa shape index (κ2) is 8.47.